The van der Waals surface area contributed by atoms with E-state index in [0.717, 1.165) is 11.1 Å². The van der Waals surface area contributed by atoms with Gasteiger partial charge in [0.25, 0.3) is 0 Å². The number of alkyl halides is 7. The second-order valence-electron chi connectivity index (χ2n) is 15.4. The maximum atomic E-state index is 14.0. The van der Waals surface area contributed by atoms with Gasteiger partial charge in [0.2, 0.25) is 23.6 Å². The Morgan fingerprint density at radius 3 is 1.59 bits per heavy atom. The number of aliphatic carboxylic acids is 3. The summed E-state index contributed by atoms with van der Waals surface area (Å²) in [6, 6.07) is 13.8. The predicted molar refractivity (Wildman–Crippen MR) is 224 cm³/mol. The van der Waals surface area contributed by atoms with Crippen molar-refractivity contribution in [3.63, 3.8) is 0 Å². The summed E-state index contributed by atoms with van der Waals surface area (Å²) in [6.07, 6.45) is -6.92. The van der Waals surface area contributed by atoms with Crippen LogP contribution in [0.15, 0.2) is 60.7 Å². The summed E-state index contributed by atoms with van der Waals surface area (Å²) < 4.78 is 76.4. The Kier molecular flexibility index (Phi) is 24.9. The van der Waals surface area contributed by atoms with Crippen molar-refractivity contribution in [3.8, 4) is 0 Å². The summed E-state index contributed by atoms with van der Waals surface area (Å²) in [7, 11) is 0. The summed E-state index contributed by atoms with van der Waals surface area (Å²) in [4.78, 5) is 86.2. The average Bonchev–Trinajstić information content (AvgIpc) is 3.24. The number of carboxylic acids is 3. The number of nitrogens with zero attached hydrogens (tertiary/aromatic N) is 1. The van der Waals surface area contributed by atoms with Gasteiger partial charge in [0.1, 0.15) is 23.7 Å². The lowest BCUT2D eigenvalue weighted by Crippen LogP contribution is -2.63. The number of carboxylic acid groups (broad SMARTS) is 3. The molecule has 1 heterocycles. The van der Waals surface area contributed by atoms with E-state index >= 15 is 0 Å². The third-order valence-electron chi connectivity index (χ3n) is 10.1. The molecule has 4 amide bonds. The molecule has 3 rings (SSSR count). The van der Waals surface area contributed by atoms with E-state index in [0.29, 0.717) is 38.6 Å². The van der Waals surface area contributed by atoms with Gasteiger partial charge in [-0.25, -0.2) is 9.59 Å². The highest BCUT2D eigenvalue weighted by Crippen LogP contribution is 2.26. The maximum absolute atomic E-state index is 14.0. The van der Waals surface area contributed by atoms with Gasteiger partial charge in [-0.05, 0) is 76.0 Å². The van der Waals surface area contributed by atoms with Crippen LogP contribution in [-0.4, -0.2) is 130 Å². The van der Waals surface area contributed by atoms with Crippen LogP contribution in [0.5, 0.6) is 0 Å². The SMILES string of the molecule is CC1CC(N)(C(=O)O)CCN1C(=O)[C@@H](CCCCN)NC(=O)C(CCCCCF)NC(=O)[C@@H](Cc1ccccc1)NC(=O)[C@H](N)Cc1ccccc1.O=C(O)C(F)(F)F.O=C(O)C(F)(F)F. The first-order chi connectivity index (χ1) is 30.8. The van der Waals surface area contributed by atoms with E-state index in [1.165, 1.54) is 0 Å². The van der Waals surface area contributed by atoms with Gasteiger partial charge in [0, 0.05) is 19.0 Å². The summed E-state index contributed by atoms with van der Waals surface area (Å²) in [6.45, 7) is 1.69. The number of carbonyl (C=O) groups excluding carboxylic acids is 4. The number of halogens is 7. The van der Waals surface area contributed by atoms with Gasteiger partial charge in [-0.1, -0.05) is 73.5 Å². The fraction of sp³-hybridized carbons (Fsp3) is 0.548. The minimum atomic E-state index is -5.08. The smallest absolute Gasteiger partial charge is 0.480 e. The number of rotatable bonds is 21. The Morgan fingerprint density at radius 2 is 1.14 bits per heavy atom. The van der Waals surface area contributed by atoms with Crippen molar-refractivity contribution in [1.29, 1.82) is 0 Å². The van der Waals surface area contributed by atoms with E-state index in [4.69, 9.17) is 37.0 Å². The van der Waals surface area contributed by atoms with Crippen LogP contribution in [0.1, 0.15) is 75.8 Å². The second kappa shape index (κ2) is 28.2. The fourth-order valence-electron chi connectivity index (χ4n) is 6.48. The molecule has 0 saturated carbocycles. The molecule has 0 spiro atoms. The van der Waals surface area contributed by atoms with E-state index in [9.17, 15) is 59.8 Å². The highest BCUT2D eigenvalue weighted by atomic mass is 19.4. The number of hydrogen-bond donors (Lipinski definition) is 9. The van der Waals surface area contributed by atoms with Crippen LogP contribution in [0.25, 0.3) is 0 Å². The molecule has 0 bridgehead atoms. The number of piperidine rings is 1. The Labute approximate surface area is 376 Å². The highest BCUT2D eigenvalue weighted by Gasteiger charge is 2.44. The van der Waals surface area contributed by atoms with Crippen LogP contribution in [-0.2, 0) is 46.4 Å². The van der Waals surface area contributed by atoms with E-state index < -0.39 is 90.4 Å². The molecule has 1 aliphatic rings. The molecule has 12 N–H and O–H groups in total. The standard InChI is InChI=1S/C38H56FN7O6.2C2HF3O2/c1-26-25-38(42,37(51)52)19-22-46(26)36(50)31(18-10-12-21-40)44-34(48)30(17-9-4-11-20-39)43-35(49)32(24-28-15-7-3-8-16-28)45-33(47)29(41)23-27-13-5-2-6-14-27;2*3-2(4,5)1(6)7/h2-3,5-8,13-16,26,29-32H,4,9-12,17-25,40-42H2,1H3,(H,43,49)(H,44,48)(H,45,47)(H,51,52);2*(H,6,7)/t26?,29-,30?,31-,32-,38?;;/m1../s1. The Bertz CT molecular complexity index is 1840. The van der Waals surface area contributed by atoms with Crippen molar-refractivity contribution in [2.75, 3.05) is 19.8 Å². The van der Waals surface area contributed by atoms with Crippen LogP contribution in [0.2, 0.25) is 0 Å². The number of hydrogen-bond acceptors (Lipinski definition) is 10. The average molecular weight is 954 g/mol. The van der Waals surface area contributed by atoms with Crippen LogP contribution < -0.4 is 33.2 Å². The normalized spacial score (nSPS) is 17.7. The second-order valence-corrected chi connectivity index (χ2v) is 15.4. The van der Waals surface area contributed by atoms with Crippen molar-refractivity contribution >= 4 is 41.5 Å². The number of unbranched alkanes of at least 4 members (excludes halogenated alkanes) is 3. The molecule has 1 fully saturated rings. The van der Waals surface area contributed by atoms with Crippen LogP contribution in [0.3, 0.4) is 0 Å². The molecule has 0 aliphatic carbocycles. The molecule has 6 atom stereocenters. The predicted octanol–water partition coefficient (Wildman–Crippen LogP) is 2.97. The number of nitrogens with one attached hydrogen (secondary N) is 3. The van der Waals surface area contributed by atoms with E-state index in [2.05, 4.69) is 16.0 Å². The molecule has 0 aromatic heterocycles. The molecule has 3 unspecified atom stereocenters. The molecular formula is C42H58F7N7O10. The van der Waals surface area contributed by atoms with Gasteiger partial charge < -0.3 is 53.4 Å². The Balaban J connectivity index is 0.00000134. The topological polar surface area (TPSA) is 298 Å². The summed E-state index contributed by atoms with van der Waals surface area (Å²) in [5.41, 5.74) is 18.2. The summed E-state index contributed by atoms with van der Waals surface area (Å²) in [5.74, 6) is -8.78. The van der Waals surface area contributed by atoms with Gasteiger partial charge in [-0.15, -0.1) is 0 Å². The first-order valence-corrected chi connectivity index (χ1v) is 20.7. The number of likely N-dealkylation sites (tertiary alicyclic amines) is 1. The monoisotopic (exact) mass is 953 g/mol. The summed E-state index contributed by atoms with van der Waals surface area (Å²) in [5, 5.41) is 32.3. The van der Waals surface area contributed by atoms with Crippen molar-refractivity contribution in [3.05, 3.63) is 71.8 Å². The van der Waals surface area contributed by atoms with Gasteiger partial charge >= 0.3 is 30.3 Å². The van der Waals surface area contributed by atoms with E-state index in [1.807, 2.05) is 60.7 Å². The lowest BCUT2D eigenvalue weighted by molar-refractivity contribution is -0.193. The molecule has 1 saturated heterocycles. The Morgan fingerprint density at radius 1 is 0.697 bits per heavy atom. The maximum Gasteiger partial charge on any atom is 0.490 e. The van der Waals surface area contributed by atoms with Crippen LogP contribution >= 0.6 is 0 Å². The molecule has 24 heteroatoms. The van der Waals surface area contributed by atoms with Crippen molar-refractivity contribution in [2.45, 2.75) is 126 Å². The molecular weight excluding hydrogens is 895 g/mol. The van der Waals surface area contributed by atoms with Crippen molar-refractivity contribution in [2.24, 2.45) is 17.2 Å². The van der Waals surface area contributed by atoms with Crippen molar-refractivity contribution < 1.29 is 79.6 Å². The third kappa shape index (κ3) is 21.4. The largest absolute Gasteiger partial charge is 0.490 e. The number of benzene rings is 2. The number of nitrogens with two attached hydrogens (primary N) is 3. The summed E-state index contributed by atoms with van der Waals surface area (Å²) >= 11 is 0. The molecule has 2 aromatic carbocycles. The van der Waals surface area contributed by atoms with E-state index in [1.54, 1.807) is 11.8 Å². The van der Waals surface area contributed by atoms with Gasteiger partial charge in [-0.3, -0.25) is 28.4 Å². The van der Waals surface area contributed by atoms with Gasteiger partial charge in [0.15, 0.2) is 0 Å². The molecule has 0 radical (unpaired) electrons. The van der Waals surface area contributed by atoms with Crippen LogP contribution in [0.4, 0.5) is 30.7 Å². The highest BCUT2D eigenvalue weighted by molar-refractivity contribution is 5.95. The lowest BCUT2D eigenvalue weighted by atomic mass is 9.84. The molecule has 2 aromatic rings. The van der Waals surface area contributed by atoms with E-state index in [-0.39, 0.29) is 51.0 Å². The number of carbonyl (C=O) groups is 7. The van der Waals surface area contributed by atoms with Crippen LogP contribution in [0, 0.1) is 0 Å². The molecule has 17 nitrogen and oxygen atoms in total. The molecule has 1 aliphatic heterocycles. The van der Waals surface area contributed by atoms with Crippen molar-refractivity contribution in [1.82, 2.24) is 20.9 Å². The molecule has 370 valence electrons. The zero-order valence-electron chi connectivity index (χ0n) is 36.1. The fourth-order valence-corrected chi connectivity index (χ4v) is 6.48. The minimum absolute atomic E-state index is 0.0499. The quantitative estimate of drug-likeness (QED) is 0.0644. The zero-order valence-corrected chi connectivity index (χ0v) is 36.1. The minimum Gasteiger partial charge on any atom is -0.480 e. The Hall–Kier alpha value is -5.88. The van der Waals surface area contributed by atoms with Gasteiger partial charge in [-0.2, -0.15) is 26.3 Å². The zero-order chi connectivity index (χ0) is 50.3. The number of amides is 4. The first kappa shape index (κ1) is 58.1. The van der Waals surface area contributed by atoms with Gasteiger partial charge in [0.05, 0.1) is 12.7 Å². The molecule has 66 heavy (non-hydrogen) atoms. The first-order valence-electron chi connectivity index (χ1n) is 20.7. The third-order valence-corrected chi connectivity index (χ3v) is 10.1. The lowest BCUT2D eigenvalue weighted by Gasteiger charge is -2.42.